The number of ether oxygens (including phenoxy) is 1. The van der Waals surface area contributed by atoms with Crippen molar-refractivity contribution in [1.29, 1.82) is 0 Å². The van der Waals surface area contributed by atoms with Crippen molar-refractivity contribution in [3.05, 3.63) is 28.4 Å². The quantitative estimate of drug-likeness (QED) is 0.830. The van der Waals surface area contributed by atoms with Crippen LogP contribution in [-0.4, -0.2) is 17.1 Å². The third-order valence-corrected chi connectivity index (χ3v) is 3.58. The Kier molecular flexibility index (Phi) is 3.10. The van der Waals surface area contributed by atoms with Crippen LogP contribution in [-0.2, 0) is 10.3 Å². The standard InChI is InChI=1S/C12H18N2O2/c1-9-3-6-12(16-2,7-4-9)11-13-8-5-10(15)14-11/h5,8-9H,3-4,6-7H2,1-2H3,(H,13,14,15). The topological polar surface area (TPSA) is 55.0 Å². The fraction of sp³-hybridized carbons (Fsp3) is 0.667. The summed E-state index contributed by atoms with van der Waals surface area (Å²) in [5, 5.41) is 0. The molecule has 1 N–H and O–H groups in total. The highest BCUT2D eigenvalue weighted by atomic mass is 16.5. The first-order valence-corrected chi connectivity index (χ1v) is 5.77. The molecule has 0 atom stereocenters. The molecule has 0 aliphatic heterocycles. The first-order valence-electron chi connectivity index (χ1n) is 5.77. The molecule has 2 rings (SSSR count). The second-order valence-electron chi connectivity index (χ2n) is 4.66. The monoisotopic (exact) mass is 222 g/mol. The average Bonchev–Trinajstić information content (AvgIpc) is 2.31. The SMILES string of the molecule is COC1(c2nccc(=O)[nH]2)CCC(C)CC1. The van der Waals surface area contributed by atoms with Gasteiger partial charge in [-0.05, 0) is 31.6 Å². The minimum atomic E-state index is -0.382. The summed E-state index contributed by atoms with van der Waals surface area (Å²) in [6.45, 7) is 2.25. The zero-order valence-electron chi connectivity index (χ0n) is 9.82. The van der Waals surface area contributed by atoms with Crippen LogP contribution in [0.3, 0.4) is 0 Å². The molecular weight excluding hydrogens is 204 g/mol. The zero-order valence-corrected chi connectivity index (χ0v) is 9.82. The lowest BCUT2D eigenvalue weighted by Gasteiger charge is -2.37. The third-order valence-electron chi connectivity index (χ3n) is 3.58. The fourth-order valence-electron chi connectivity index (χ4n) is 2.37. The molecule has 1 aromatic heterocycles. The molecular formula is C12H18N2O2. The lowest BCUT2D eigenvalue weighted by molar-refractivity contribution is -0.0599. The van der Waals surface area contributed by atoms with Gasteiger partial charge in [0.1, 0.15) is 11.4 Å². The van der Waals surface area contributed by atoms with Crippen LogP contribution in [0.2, 0.25) is 0 Å². The second kappa shape index (κ2) is 4.37. The van der Waals surface area contributed by atoms with E-state index in [1.807, 2.05) is 0 Å². The molecule has 4 heteroatoms. The van der Waals surface area contributed by atoms with Crippen LogP contribution in [0.15, 0.2) is 17.1 Å². The van der Waals surface area contributed by atoms with E-state index in [4.69, 9.17) is 4.74 Å². The van der Waals surface area contributed by atoms with E-state index in [0.717, 1.165) is 31.6 Å². The molecule has 1 heterocycles. The van der Waals surface area contributed by atoms with Crippen molar-refractivity contribution >= 4 is 0 Å². The molecule has 0 spiro atoms. The van der Waals surface area contributed by atoms with Crippen molar-refractivity contribution in [3.63, 3.8) is 0 Å². The van der Waals surface area contributed by atoms with Gasteiger partial charge >= 0.3 is 0 Å². The van der Waals surface area contributed by atoms with Crippen LogP contribution < -0.4 is 5.56 Å². The van der Waals surface area contributed by atoms with E-state index in [2.05, 4.69) is 16.9 Å². The van der Waals surface area contributed by atoms with Crippen LogP contribution in [0.1, 0.15) is 38.4 Å². The smallest absolute Gasteiger partial charge is 0.250 e. The van der Waals surface area contributed by atoms with Gasteiger partial charge in [-0.1, -0.05) is 6.92 Å². The predicted octanol–water partition coefficient (Wildman–Crippen LogP) is 1.82. The maximum atomic E-state index is 11.3. The van der Waals surface area contributed by atoms with Gasteiger partial charge in [0.15, 0.2) is 0 Å². The van der Waals surface area contributed by atoms with Crippen molar-refractivity contribution in [2.45, 2.75) is 38.2 Å². The summed E-state index contributed by atoms with van der Waals surface area (Å²) >= 11 is 0. The van der Waals surface area contributed by atoms with E-state index >= 15 is 0 Å². The molecule has 0 radical (unpaired) electrons. The highest BCUT2D eigenvalue weighted by molar-refractivity contribution is 5.04. The van der Waals surface area contributed by atoms with Crippen LogP contribution in [0.4, 0.5) is 0 Å². The number of aromatic nitrogens is 2. The van der Waals surface area contributed by atoms with Gasteiger partial charge in [0.25, 0.3) is 5.56 Å². The molecule has 16 heavy (non-hydrogen) atoms. The Hall–Kier alpha value is -1.16. The van der Waals surface area contributed by atoms with E-state index in [0.29, 0.717) is 5.82 Å². The number of H-pyrrole nitrogens is 1. The summed E-state index contributed by atoms with van der Waals surface area (Å²) in [4.78, 5) is 18.3. The van der Waals surface area contributed by atoms with Crippen LogP contribution >= 0.6 is 0 Å². The van der Waals surface area contributed by atoms with Gasteiger partial charge in [0.2, 0.25) is 0 Å². The van der Waals surface area contributed by atoms with Crippen molar-refractivity contribution in [1.82, 2.24) is 9.97 Å². The minimum Gasteiger partial charge on any atom is -0.370 e. The Morgan fingerprint density at radius 3 is 2.75 bits per heavy atom. The minimum absolute atomic E-state index is 0.111. The molecule has 0 saturated heterocycles. The summed E-state index contributed by atoms with van der Waals surface area (Å²) < 4.78 is 5.64. The molecule has 1 fully saturated rings. The molecule has 1 aliphatic carbocycles. The summed E-state index contributed by atoms with van der Waals surface area (Å²) in [5.41, 5.74) is -0.493. The van der Waals surface area contributed by atoms with Crippen molar-refractivity contribution in [3.8, 4) is 0 Å². The van der Waals surface area contributed by atoms with Gasteiger partial charge < -0.3 is 9.72 Å². The molecule has 0 aromatic carbocycles. The van der Waals surface area contributed by atoms with Crippen molar-refractivity contribution in [2.75, 3.05) is 7.11 Å². The predicted molar refractivity (Wildman–Crippen MR) is 61.2 cm³/mol. The largest absolute Gasteiger partial charge is 0.370 e. The zero-order chi connectivity index (χ0) is 11.6. The Labute approximate surface area is 95.1 Å². The molecule has 4 nitrogen and oxygen atoms in total. The van der Waals surface area contributed by atoms with Crippen LogP contribution in [0, 0.1) is 5.92 Å². The molecule has 1 saturated carbocycles. The van der Waals surface area contributed by atoms with Crippen molar-refractivity contribution < 1.29 is 4.74 Å². The Morgan fingerprint density at radius 1 is 1.50 bits per heavy atom. The average molecular weight is 222 g/mol. The first kappa shape index (κ1) is 11.3. The van der Waals surface area contributed by atoms with E-state index < -0.39 is 0 Å². The van der Waals surface area contributed by atoms with Crippen LogP contribution in [0.25, 0.3) is 0 Å². The Balaban J connectivity index is 2.31. The van der Waals surface area contributed by atoms with Gasteiger partial charge in [0.05, 0.1) is 0 Å². The molecule has 0 bridgehead atoms. The van der Waals surface area contributed by atoms with Gasteiger partial charge in [0, 0.05) is 19.4 Å². The molecule has 0 amide bonds. The fourth-order valence-corrected chi connectivity index (χ4v) is 2.37. The summed E-state index contributed by atoms with van der Waals surface area (Å²) in [6.07, 6.45) is 5.64. The first-order chi connectivity index (χ1) is 7.66. The highest BCUT2D eigenvalue weighted by Gasteiger charge is 2.37. The maximum Gasteiger partial charge on any atom is 0.250 e. The normalized spacial score (nSPS) is 30.2. The molecule has 1 aromatic rings. The number of aromatic amines is 1. The van der Waals surface area contributed by atoms with Crippen LogP contribution in [0.5, 0.6) is 0 Å². The van der Waals surface area contributed by atoms with Crippen molar-refractivity contribution in [2.24, 2.45) is 5.92 Å². The van der Waals surface area contributed by atoms with Gasteiger partial charge in [-0.3, -0.25) is 4.79 Å². The van der Waals surface area contributed by atoms with E-state index in [1.54, 1.807) is 13.3 Å². The van der Waals surface area contributed by atoms with Gasteiger partial charge in [-0.15, -0.1) is 0 Å². The third kappa shape index (κ3) is 2.02. The Morgan fingerprint density at radius 2 is 2.19 bits per heavy atom. The van der Waals surface area contributed by atoms with E-state index in [9.17, 15) is 4.79 Å². The number of hydrogen-bond acceptors (Lipinski definition) is 3. The summed E-state index contributed by atoms with van der Waals surface area (Å²) in [5.74, 6) is 1.41. The number of rotatable bonds is 2. The lowest BCUT2D eigenvalue weighted by atomic mass is 9.79. The second-order valence-corrected chi connectivity index (χ2v) is 4.66. The van der Waals surface area contributed by atoms with Gasteiger partial charge in [-0.2, -0.15) is 0 Å². The maximum absolute atomic E-state index is 11.3. The highest BCUT2D eigenvalue weighted by Crippen LogP contribution is 2.39. The van der Waals surface area contributed by atoms with Gasteiger partial charge in [-0.25, -0.2) is 4.98 Å². The number of nitrogens with one attached hydrogen (secondary N) is 1. The Bertz CT molecular complexity index is 405. The lowest BCUT2D eigenvalue weighted by Crippen LogP contribution is -2.36. The number of nitrogens with zero attached hydrogens (tertiary/aromatic N) is 1. The molecule has 0 unspecified atom stereocenters. The van der Waals surface area contributed by atoms with E-state index in [1.165, 1.54) is 6.07 Å². The number of hydrogen-bond donors (Lipinski definition) is 1. The van der Waals surface area contributed by atoms with E-state index in [-0.39, 0.29) is 11.2 Å². The summed E-state index contributed by atoms with van der Waals surface area (Å²) in [7, 11) is 1.70. The number of methoxy groups -OCH3 is 1. The molecule has 88 valence electrons. The molecule has 1 aliphatic rings. The summed E-state index contributed by atoms with van der Waals surface area (Å²) in [6, 6.07) is 1.43.